The van der Waals surface area contributed by atoms with Crippen LogP contribution in [0.15, 0.2) is 0 Å². The molecular formula is C11H20MgO4. The van der Waals surface area contributed by atoms with Crippen molar-refractivity contribution in [1.82, 2.24) is 0 Å². The highest BCUT2D eigenvalue weighted by Crippen LogP contribution is 2.23. The molecule has 0 saturated heterocycles. The van der Waals surface area contributed by atoms with Crippen molar-refractivity contribution in [3.05, 3.63) is 0 Å². The molecule has 0 spiro atoms. The topological polar surface area (TPSA) is 71.4 Å². The van der Waals surface area contributed by atoms with Crippen molar-refractivity contribution >= 4 is 40.6 Å². The molecule has 0 aliphatic rings. The van der Waals surface area contributed by atoms with Gasteiger partial charge in [0.1, 0.15) is 11.2 Å². The molecule has 1 N–H and O–H groups in total. The van der Waals surface area contributed by atoms with Gasteiger partial charge in [0.15, 0.2) is 5.78 Å². The van der Waals surface area contributed by atoms with Crippen LogP contribution in [-0.2, 0) is 14.4 Å². The van der Waals surface area contributed by atoms with E-state index in [0.29, 0.717) is 0 Å². The fourth-order valence-electron chi connectivity index (χ4n) is 0.751. The number of hydrogen-bond acceptors (Lipinski definition) is 3. The lowest BCUT2D eigenvalue weighted by atomic mass is 9.80. The van der Waals surface area contributed by atoms with Crippen LogP contribution in [0.25, 0.3) is 0 Å². The molecular weight excluding hydrogens is 220 g/mol. The number of carbonyl (C=O) groups is 3. The van der Waals surface area contributed by atoms with E-state index in [2.05, 4.69) is 0 Å². The molecule has 0 aromatic rings. The van der Waals surface area contributed by atoms with Gasteiger partial charge in [-0.2, -0.15) is 0 Å². The minimum absolute atomic E-state index is 0. The van der Waals surface area contributed by atoms with E-state index in [-0.39, 0.29) is 35.3 Å². The predicted octanol–water partition coefficient (Wildman–Crippen LogP) is 0.755. The number of carboxylic acids is 1. The van der Waals surface area contributed by atoms with Crippen LogP contribution in [0.3, 0.4) is 0 Å². The van der Waals surface area contributed by atoms with E-state index in [4.69, 9.17) is 5.11 Å². The molecule has 0 aliphatic carbocycles. The van der Waals surface area contributed by atoms with Crippen molar-refractivity contribution in [3.63, 3.8) is 0 Å². The molecule has 0 heterocycles. The van der Waals surface area contributed by atoms with E-state index in [1.165, 1.54) is 13.8 Å². The van der Waals surface area contributed by atoms with Crippen LogP contribution in [0.4, 0.5) is 0 Å². The van der Waals surface area contributed by atoms with Crippen LogP contribution >= 0.6 is 0 Å². The summed E-state index contributed by atoms with van der Waals surface area (Å²) in [5.74, 6) is -1.98. The lowest BCUT2D eigenvalue weighted by Crippen LogP contribution is -2.36. The number of aliphatic carboxylic acids is 1. The summed E-state index contributed by atoms with van der Waals surface area (Å²) in [5, 5.41) is 8.80. The second-order valence-electron chi connectivity index (χ2n) is 5.20. The summed E-state index contributed by atoms with van der Waals surface area (Å²) in [6.45, 7) is 7.74. The molecule has 0 unspecified atom stereocenters. The maximum absolute atomic E-state index is 11.6. The highest BCUT2D eigenvalue weighted by atomic mass is 24.3. The van der Waals surface area contributed by atoms with Crippen LogP contribution in [0.5, 0.6) is 0 Å². The smallest absolute Gasteiger partial charge is 0.316 e. The number of ketones is 2. The van der Waals surface area contributed by atoms with Crippen molar-refractivity contribution in [2.75, 3.05) is 0 Å². The molecule has 4 nitrogen and oxygen atoms in total. The number of carboxylic acid groups (broad SMARTS) is 1. The van der Waals surface area contributed by atoms with E-state index in [1.807, 2.05) is 0 Å². The summed E-state index contributed by atoms with van der Waals surface area (Å²) < 4.78 is 0. The van der Waals surface area contributed by atoms with Gasteiger partial charge < -0.3 is 5.11 Å². The molecule has 0 bridgehead atoms. The normalized spacial score (nSPS) is 11.6. The number of Topliss-reactive ketones (excluding diaryl/α,β-unsaturated/α-hetero) is 2. The summed E-state index contributed by atoms with van der Waals surface area (Å²) in [5.41, 5.74) is -2.09. The fraction of sp³-hybridized carbons (Fsp3) is 0.727. The van der Waals surface area contributed by atoms with E-state index in [0.717, 1.165) is 0 Å². The minimum atomic E-state index is -1.49. The van der Waals surface area contributed by atoms with Crippen LogP contribution in [0, 0.1) is 10.8 Å². The molecule has 5 heteroatoms. The van der Waals surface area contributed by atoms with Crippen molar-refractivity contribution < 1.29 is 19.5 Å². The van der Waals surface area contributed by atoms with Crippen LogP contribution in [-0.4, -0.2) is 45.7 Å². The molecule has 0 atom stereocenters. The molecule has 0 aromatic carbocycles. The highest BCUT2D eigenvalue weighted by Gasteiger charge is 2.38. The van der Waals surface area contributed by atoms with Crippen LogP contribution in [0.1, 0.15) is 41.0 Å². The van der Waals surface area contributed by atoms with Gasteiger partial charge in [-0.15, -0.1) is 0 Å². The van der Waals surface area contributed by atoms with Gasteiger partial charge in [0, 0.05) is 5.41 Å². The third-order valence-electron chi connectivity index (χ3n) is 2.39. The van der Waals surface area contributed by atoms with Crippen LogP contribution < -0.4 is 0 Å². The first-order chi connectivity index (χ1) is 6.49. The van der Waals surface area contributed by atoms with E-state index < -0.39 is 22.6 Å². The SMILES string of the molecule is CC(C)(C)C(=O)CC(=O)C(C)(C)C(=O)O.[MgH2]. The Morgan fingerprint density at radius 2 is 1.31 bits per heavy atom. The molecule has 16 heavy (non-hydrogen) atoms. The summed E-state index contributed by atoms with van der Waals surface area (Å²) in [6.07, 6.45) is -0.317. The van der Waals surface area contributed by atoms with Crippen molar-refractivity contribution in [2.24, 2.45) is 10.8 Å². The Morgan fingerprint density at radius 3 is 1.56 bits per heavy atom. The predicted molar refractivity (Wildman–Crippen MR) is 64.0 cm³/mol. The summed E-state index contributed by atoms with van der Waals surface area (Å²) in [7, 11) is 0. The molecule has 0 amide bonds. The Labute approximate surface area is 112 Å². The molecule has 0 fully saturated rings. The van der Waals surface area contributed by atoms with Crippen molar-refractivity contribution in [3.8, 4) is 0 Å². The van der Waals surface area contributed by atoms with Crippen molar-refractivity contribution in [1.29, 1.82) is 0 Å². The zero-order valence-corrected chi connectivity index (χ0v) is 9.88. The Bertz CT molecular complexity index is 300. The van der Waals surface area contributed by atoms with Gasteiger partial charge in [-0.3, -0.25) is 14.4 Å². The van der Waals surface area contributed by atoms with Gasteiger partial charge in [0.05, 0.1) is 6.42 Å². The average Bonchev–Trinajstić information content (AvgIpc) is 2.01. The molecule has 0 radical (unpaired) electrons. The fourth-order valence-corrected chi connectivity index (χ4v) is 0.751. The van der Waals surface area contributed by atoms with E-state index in [9.17, 15) is 14.4 Å². The molecule has 90 valence electrons. The monoisotopic (exact) mass is 240 g/mol. The maximum Gasteiger partial charge on any atom is 0.316 e. The Hall–Kier alpha value is -0.424. The summed E-state index contributed by atoms with van der Waals surface area (Å²) in [6, 6.07) is 0. The van der Waals surface area contributed by atoms with Crippen molar-refractivity contribution in [2.45, 2.75) is 41.0 Å². The summed E-state index contributed by atoms with van der Waals surface area (Å²) in [4.78, 5) is 33.9. The van der Waals surface area contributed by atoms with Gasteiger partial charge in [-0.05, 0) is 13.8 Å². The van der Waals surface area contributed by atoms with E-state index >= 15 is 0 Å². The Morgan fingerprint density at radius 1 is 0.938 bits per heavy atom. The molecule has 0 saturated carbocycles. The zero-order valence-electron chi connectivity index (χ0n) is 9.88. The third kappa shape index (κ3) is 4.61. The van der Waals surface area contributed by atoms with E-state index in [1.54, 1.807) is 20.8 Å². The number of carbonyl (C=O) groups excluding carboxylic acids is 2. The standard InChI is InChI=1S/C11H18O4.Mg.2H/c1-10(2,3)7(12)6-8(13)11(4,5)9(14)15;;;/h6H2,1-5H3,(H,14,15);;;. The lowest BCUT2D eigenvalue weighted by molar-refractivity contribution is -0.153. The first-order valence-electron chi connectivity index (χ1n) is 4.79. The minimum Gasteiger partial charge on any atom is -0.481 e. The second kappa shape index (κ2) is 5.77. The lowest BCUT2D eigenvalue weighted by Gasteiger charge is -2.21. The van der Waals surface area contributed by atoms with Gasteiger partial charge in [0.25, 0.3) is 0 Å². The number of rotatable bonds is 4. The van der Waals surface area contributed by atoms with Gasteiger partial charge in [0.2, 0.25) is 0 Å². The first kappa shape index (κ1) is 18.0. The van der Waals surface area contributed by atoms with Gasteiger partial charge in [-0.25, -0.2) is 0 Å². The quantitative estimate of drug-likeness (QED) is 0.582. The molecule has 0 aliphatic heterocycles. The number of hydrogen-bond donors (Lipinski definition) is 1. The first-order valence-corrected chi connectivity index (χ1v) is 4.79. The van der Waals surface area contributed by atoms with Crippen LogP contribution in [0.2, 0.25) is 0 Å². The second-order valence-corrected chi connectivity index (χ2v) is 5.20. The molecule has 0 rings (SSSR count). The zero-order chi connectivity index (χ0) is 12.4. The maximum atomic E-state index is 11.6. The van der Waals surface area contributed by atoms with Gasteiger partial charge in [-0.1, -0.05) is 20.8 Å². The summed E-state index contributed by atoms with van der Waals surface area (Å²) >= 11 is 0. The molecule has 0 aromatic heterocycles. The Kier molecular flexibility index (Phi) is 6.48. The van der Waals surface area contributed by atoms with Gasteiger partial charge >= 0.3 is 29.0 Å². The third-order valence-corrected chi connectivity index (χ3v) is 2.39. The average molecular weight is 241 g/mol. The highest BCUT2D eigenvalue weighted by molar-refractivity contribution is 6.10. The Balaban J connectivity index is 0. The largest absolute Gasteiger partial charge is 0.481 e.